The van der Waals surface area contributed by atoms with E-state index in [-0.39, 0.29) is 6.03 Å². The smallest absolute Gasteiger partial charge is 0.325 e. The number of aromatic nitrogens is 2. The lowest BCUT2D eigenvalue weighted by Gasteiger charge is -2.05. The first-order chi connectivity index (χ1) is 10.2. The molecule has 2 amide bonds. The minimum absolute atomic E-state index is 0.359. The van der Waals surface area contributed by atoms with E-state index < -0.39 is 0 Å². The lowest BCUT2D eigenvalue weighted by Crippen LogP contribution is -2.19. The molecule has 6 nitrogen and oxygen atoms in total. The highest BCUT2D eigenvalue weighted by Crippen LogP contribution is 2.26. The number of urea groups is 1. The fraction of sp³-hybridized carbons (Fsp3) is 0.0714. The van der Waals surface area contributed by atoms with E-state index in [0.717, 1.165) is 11.3 Å². The van der Waals surface area contributed by atoms with Gasteiger partial charge in [0.25, 0.3) is 0 Å². The van der Waals surface area contributed by atoms with Crippen LogP contribution in [0.5, 0.6) is 0 Å². The Morgan fingerprint density at radius 3 is 2.86 bits per heavy atom. The zero-order valence-electron chi connectivity index (χ0n) is 11.2. The SMILES string of the molecule is Cc1cccc(NC(=O)Nc2nnc(-c3ccco3)s2)c1. The number of nitrogens with one attached hydrogen (secondary N) is 2. The largest absolute Gasteiger partial charge is 0.462 e. The molecule has 2 N–H and O–H groups in total. The molecule has 0 unspecified atom stereocenters. The first-order valence-electron chi connectivity index (χ1n) is 6.23. The maximum absolute atomic E-state index is 11.9. The van der Waals surface area contributed by atoms with E-state index in [1.54, 1.807) is 18.4 Å². The van der Waals surface area contributed by atoms with Crippen LogP contribution in [-0.4, -0.2) is 16.2 Å². The summed E-state index contributed by atoms with van der Waals surface area (Å²) in [4.78, 5) is 11.9. The minimum Gasteiger partial charge on any atom is -0.462 e. The van der Waals surface area contributed by atoms with E-state index in [2.05, 4.69) is 20.8 Å². The molecule has 2 heterocycles. The summed E-state index contributed by atoms with van der Waals surface area (Å²) in [7, 11) is 0. The zero-order chi connectivity index (χ0) is 14.7. The van der Waals surface area contributed by atoms with Gasteiger partial charge in [-0.25, -0.2) is 4.79 Å². The molecule has 0 bridgehead atoms. The third kappa shape index (κ3) is 3.26. The third-order valence-electron chi connectivity index (χ3n) is 2.65. The highest BCUT2D eigenvalue weighted by atomic mass is 32.1. The van der Waals surface area contributed by atoms with Crippen LogP contribution in [0.2, 0.25) is 0 Å². The van der Waals surface area contributed by atoms with Gasteiger partial charge in [-0.3, -0.25) is 5.32 Å². The normalized spacial score (nSPS) is 10.3. The average molecular weight is 300 g/mol. The van der Waals surface area contributed by atoms with Gasteiger partial charge >= 0.3 is 6.03 Å². The number of carbonyl (C=O) groups excluding carboxylic acids is 1. The van der Waals surface area contributed by atoms with Crippen LogP contribution < -0.4 is 10.6 Å². The molecular weight excluding hydrogens is 288 g/mol. The van der Waals surface area contributed by atoms with Gasteiger partial charge in [-0.05, 0) is 36.8 Å². The Morgan fingerprint density at radius 1 is 1.19 bits per heavy atom. The molecule has 3 aromatic rings. The standard InChI is InChI=1S/C14H12N4O2S/c1-9-4-2-5-10(8-9)15-13(19)16-14-18-17-12(21-14)11-6-3-7-20-11/h2-8H,1H3,(H2,15,16,18,19). The van der Waals surface area contributed by atoms with E-state index in [1.165, 1.54) is 11.3 Å². The maximum Gasteiger partial charge on any atom is 0.325 e. The molecule has 2 aromatic heterocycles. The molecule has 21 heavy (non-hydrogen) atoms. The molecule has 7 heteroatoms. The first kappa shape index (κ1) is 13.3. The van der Waals surface area contributed by atoms with Gasteiger partial charge in [0.1, 0.15) is 0 Å². The molecule has 0 atom stereocenters. The minimum atomic E-state index is -0.359. The lowest BCUT2D eigenvalue weighted by atomic mass is 10.2. The Morgan fingerprint density at radius 2 is 2.10 bits per heavy atom. The molecule has 0 spiro atoms. The summed E-state index contributed by atoms with van der Waals surface area (Å²) in [6.07, 6.45) is 1.56. The fourth-order valence-electron chi connectivity index (χ4n) is 1.76. The Bertz CT molecular complexity index is 752. The van der Waals surface area contributed by atoms with Crippen molar-refractivity contribution in [3.8, 4) is 10.8 Å². The van der Waals surface area contributed by atoms with E-state index in [9.17, 15) is 4.79 Å². The number of rotatable bonds is 3. The third-order valence-corrected chi connectivity index (χ3v) is 3.51. The zero-order valence-corrected chi connectivity index (χ0v) is 12.0. The molecule has 0 radical (unpaired) electrons. The van der Waals surface area contributed by atoms with E-state index in [4.69, 9.17) is 4.42 Å². The number of amides is 2. The Hall–Kier alpha value is -2.67. The van der Waals surface area contributed by atoms with Crippen LogP contribution in [0.15, 0.2) is 47.1 Å². The van der Waals surface area contributed by atoms with Gasteiger partial charge in [-0.15, -0.1) is 10.2 Å². The van der Waals surface area contributed by atoms with Crippen LogP contribution in [0, 0.1) is 6.92 Å². The number of furan rings is 1. The molecular formula is C14H12N4O2S. The summed E-state index contributed by atoms with van der Waals surface area (Å²) >= 11 is 1.24. The lowest BCUT2D eigenvalue weighted by molar-refractivity contribution is 0.262. The molecule has 0 aliphatic rings. The molecule has 0 fully saturated rings. The number of anilines is 2. The van der Waals surface area contributed by atoms with Crippen molar-refractivity contribution in [1.82, 2.24) is 10.2 Å². The van der Waals surface area contributed by atoms with Crippen molar-refractivity contribution in [3.05, 3.63) is 48.2 Å². The Balaban J connectivity index is 1.65. The summed E-state index contributed by atoms with van der Waals surface area (Å²) in [6, 6.07) is 10.7. The summed E-state index contributed by atoms with van der Waals surface area (Å²) in [5, 5.41) is 14.3. The van der Waals surface area contributed by atoms with E-state index in [1.807, 2.05) is 31.2 Å². The summed E-state index contributed by atoms with van der Waals surface area (Å²) < 4.78 is 5.23. The highest BCUT2D eigenvalue weighted by Gasteiger charge is 2.11. The molecule has 106 valence electrons. The van der Waals surface area contributed by atoms with Gasteiger partial charge in [-0.1, -0.05) is 23.5 Å². The fourth-order valence-corrected chi connectivity index (χ4v) is 2.46. The molecule has 0 aliphatic heterocycles. The van der Waals surface area contributed by atoms with Crippen molar-refractivity contribution in [2.24, 2.45) is 0 Å². The number of nitrogens with zero attached hydrogens (tertiary/aromatic N) is 2. The molecule has 1 aromatic carbocycles. The first-order valence-corrected chi connectivity index (χ1v) is 7.04. The van der Waals surface area contributed by atoms with Gasteiger partial charge in [0.05, 0.1) is 6.26 Å². The van der Waals surface area contributed by atoms with E-state index in [0.29, 0.717) is 15.9 Å². The van der Waals surface area contributed by atoms with Crippen LogP contribution in [-0.2, 0) is 0 Å². The summed E-state index contributed by atoms with van der Waals surface area (Å²) in [5.41, 5.74) is 1.80. The number of hydrogen-bond donors (Lipinski definition) is 2. The predicted molar refractivity (Wildman–Crippen MR) is 81.4 cm³/mol. The summed E-state index contributed by atoms with van der Waals surface area (Å²) in [6.45, 7) is 1.96. The second kappa shape index (κ2) is 5.76. The van der Waals surface area contributed by atoms with Crippen molar-refractivity contribution >= 4 is 28.2 Å². The average Bonchev–Trinajstić information content (AvgIpc) is 3.08. The van der Waals surface area contributed by atoms with Gasteiger partial charge in [-0.2, -0.15) is 0 Å². The van der Waals surface area contributed by atoms with Crippen LogP contribution >= 0.6 is 11.3 Å². The van der Waals surface area contributed by atoms with Gasteiger partial charge in [0, 0.05) is 5.69 Å². The van der Waals surface area contributed by atoms with Gasteiger partial charge in [0.15, 0.2) is 10.8 Å². The number of benzene rings is 1. The van der Waals surface area contributed by atoms with Gasteiger partial charge in [0.2, 0.25) is 5.13 Å². The van der Waals surface area contributed by atoms with Crippen LogP contribution in [0.1, 0.15) is 5.56 Å². The van der Waals surface area contributed by atoms with E-state index >= 15 is 0 Å². The molecule has 0 saturated carbocycles. The van der Waals surface area contributed by atoms with Crippen molar-refractivity contribution in [1.29, 1.82) is 0 Å². The number of carbonyl (C=O) groups is 1. The summed E-state index contributed by atoms with van der Waals surface area (Å²) in [5.74, 6) is 0.625. The molecule has 3 rings (SSSR count). The van der Waals surface area contributed by atoms with Crippen LogP contribution in [0.4, 0.5) is 15.6 Å². The molecule has 0 saturated heterocycles. The number of hydrogen-bond acceptors (Lipinski definition) is 5. The predicted octanol–water partition coefficient (Wildman–Crippen LogP) is 3.75. The van der Waals surface area contributed by atoms with Crippen molar-refractivity contribution in [2.75, 3.05) is 10.6 Å². The monoisotopic (exact) mass is 300 g/mol. The molecule has 0 aliphatic carbocycles. The maximum atomic E-state index is 11.9. The van der Waals surface area contributed by atoms with Crippen LogP contribution in [0.25, 0.3) is 10.8 Å². The highest BCUT2D eigenvalue weighted by molar-refractivity contribution is 7.18. The van der Waals surface area contributed by atoms with Crippen molar-refractivity contribution in [3.63, 3.8) is 0 Å². The van der Waals surface area contributed by atoms with Gasteiger partial charge < -0.3 is 9.73 Å². The quantitative estimate of drug-likeness (QED) is 0.772. The Labute approximate surface area is 124 Å². The van der Waals surface area contributed by atoms with Crippen molar-refractivity contribution < 1.29 is 9.21 Å². The second-order valence-electron chi connectivity index (χ2n) is 4.34. The topological polar surface area (TPSA) is 80.0 Å². The number of aryl methyl sites for hydroxylation is 1. The Kier molecular flexibility index (Phi) is 3.65. The second-order valence-corrected chi connectivity index (χ2v) is 5.32. The van der Waals surface area contributed by atoms with Crippen molar-refractivity contribution in [2.45, 2.75) is 6.92 Å². The van der Waals surface area contributed by atoms with Crippen LogP contribution in [0.3, 0.4) is 0 Å².